The molecule has 204 valence electrons. The monoisotopic (exact) mass is 568 g/mol. The van der Waals surface area contributed by atoms with Crippen molar-refractivity contribution in [3.05, 3.63) is 53.8 Å². The molecule has 0 aromatic heterocycles. The van der Waals surface area contributed by atoms with Gasteiger partial charge in [0, 0.05) is 17.8 Å². The molecule has 1 spiro atoms. The number of alkyl halides is 3. The zero-order valence-corrected chi connectivity index (χ0v) is 22.3. The van der Waals surface area contributed by atoms with E-state index in [2.05, 4.69) is 0 Å². The van der Waals surface area contributed by atoms with E-state index in [1.165, 1.54) is 12.2 Å². The van der Waals surface area contributed by atoms with Gasteiger partial charge in [-0.1, -0.05) is 24.3 Å². The summed E-state index contributed by atoms with van der Waals surface area (Å²) in [6.45, 7) is 0. The minimum Gasteiger partial charge on any atom is -0.303 e. The van der Waals surface area contributed by atoms with Gasteiger partial charge in [-0.15, -0.1) is 0 Å². The van der Waals surface area contributed by atoms with Crippen LogP contribution in [0.1, 0.15) is 50.5 Å². The van der Waals surface area contributed by atoms with Crippen LogP contribution in [0.25, 0.3) is 0 Å². The summed E-state index contributed by atoms with van der Waals surface area (Å²) < 4.78 is 63.1. The number of halogens is 3. The molecule has 0 unspecified atom stereocenters. The second-order valence-electron chi connectivity index (χ2n) is 9.17. The number of anilines is 1. The van der Waals surface area contributed by atoms with Gasteiger partial charge in [-0.2, -0.15) is 18.4 Å². The van der Waals surface area contributed by atoms with Crippen LogP contribution in [0.15, 0.2) is 48.2 Å². The van der Waals surface area contributed by atoms with Gasteiger partial charge in [-0.3, -0.25) is 19.2 Å². The fraction of sp³-hybridized carbons (Fsp3) is 0.440. The SMILES string of the molecule is CS(=O)(=O)NC(=O)CCCc1ccc(N2C(=S)N(C(/C=C\CC#N)=C/CC(F)(F)F)C(=O)C23CCC3)cc1. The van der Waals surface area contributed by atoms with Crippen LogP contribution in [0.2, 0.25) is 0 Å². The van der Waals surface area contributed by atoms with E-state index in [0.717, 1.165) is 29.2 Å². The highest BCUT2D eigenvalue weighted by Gasteiger charge is 2.59. The average molecular weight is 569 g/mol. The molecule has 2 amide bonds. The van der Waals surface area contributed by atoms with Crippen LogP contribution >= 0.6 is 12.2 Å². The van der Waals surface area contributed by atoms with E-state index in [-0.39, 0.29) is 23.7 Å². The molecular weight excluding hydrogens is 541 g/mol. The number of carbonyl (C=O) groups excluding carboxylic acids is 2. The van der Waals surface area contributed by atoms with Crippen molar-refractivity contribution < 1.29 is 31.2 Å². The van der Waals surface area contributed by atoms with Gasteiger partial charge in [0.1, 0.15) is 5.54 Å². The summed E-state index contributed by atoms with van der Waals surface area (Å²) in [4.78, 5) is 28.1. The first-order valence-corrected chi connectivity index (χ1v) is 14.2. The Balaban J connectivity index is 1.81. The number of nitrogens with zero attached hydrogens (tertiary/aromatic N) is 3. The molecule has 1 saturated heterocycles. The predicted octanol–water partition coefficient (Wildman–Crippen LogP) is 4.25. The quantitative estimate of drug-likeness (QED) is 0.332. The summed E-state index contributed by atoms with van der Waals surface area (Å²) in [5.74, 6) is -0.986. The van der Waals surface area contributed by atoms with Gasteiger partial charge < -0.3 is 4.90 Å². The topological polar surface area (TPSA) is 111 Å². The maximum atomic E-state index is 13.6. The Morgan fingerprint density at radius 1 is 1.26 bits per heavy atom. The summed E-state index contributed by atoms with van der Waals surface area (Å²) in [5, 5.41) is 8.88. The van der Waals surface area contributed by atoms with E-state index >= 15 is 0 Å². The molecule has 0 radical (unpaired) electrons. The number of allylic oxidation sites excluding steroid dienone is 3. The first-order valence-electron chi connectivity index (χ1n) is 11.9. The Hall–Kier alpha value is -3.24. The fourth-order valence-corrected chi connectivity index (χ4v) is 5.40. The lowest BCUT2D eigenvalue weighted by Gasteiger charge is -2.43. The second kappa shape index (κ2) is 11.7. The molecule has 1 aromatic rings. The van der Waals surface area contributed by atoms with Crippen molar-refractivity contribution >= 4 is 44.9 Å². The Bertz CT molecular complexity index is 1300. The van der Waals surface area contributed by atoms with Crippen molar-refractivity contribution in [2.75, 3.05) is 11.2 Å². The number of hydrogen-bond donors (Lipinski definition) is 1. The zero-order valence-electron chi connectivity index (χ0n) is 20.6. The molecule has 38 heavy (non-hydrogen) atoms. The third-order valence-electron chi connectivity index (χ3n) is 6.25. The number of benzene rings is 1. The zero-order chi connectivity index (χ0) is 28.1. The van der Waals surface area contributed by atoms with E-state index in [4.69, 9.17) is 17.5 Å². The van der Waals surface area contributed by atoms with Crippen LogP contribution in [-0.4, -0.2) is 48.2 Å². The minimum atomic E-state index is -4.48. The highest BCUT2D eigenvalue weighted by molar-refractivity contribution is 7.89. The van der Waals surface area contributed by atoms with Gasteiger partial charge in [-0.25, -0.2) is 8.42 Å². The molecule has 1 aliphatic heterocycles. The minimum absolute atomic E-state index is 0.0228. The summed E-state index contributed by atoms with van der Waals surface area (Å²) in [6.07, 6.45) is 1.45. The third-order valence-corrected chi connectivity index (χ3v) is 7.22. The maximum Gasteiger partial charge on any atom is 0.392 e. The Morgan fingerprint density at radius 2 is 1.92 bits per heavy atom. The average Bonchev–Trinajstić information content (AvgIpc) is 3.02. The van der Waals surface area contributed by atoms with Crippen molar-refractivity contribution in [3.63, 3.8) is 0 Å². The second-order valence-corrected chi connectivity index (χ2v) is 11.3. The van der Waals surface area contributed by atoms with Crippen LogP contribution in [0.3, 0.4) is 0 Å². The Kier molecular flexibility index (Phi) is 8.99. The molecule has 3 rings (SSSR count). The van der Waals surface area contributed by atoms with E-state index < -0.39 is 40.0 Å². The third kappa shape index (κ3) is 6.99. The van der Waals surface area contributed by atoms with Crippen LogP contribution < -0.4 is 9.62 Å². The first-order chi connectivity index (χ1) is 17.8. The number of sulfonamides is 1. The molecular formula is C25H27F3N4O4S2. The number of carbonyl (C=O) groups is 2. The maximum absolute atomic E-state index is 13.6. The Labute approximate surface area is 224 Å². The van der Waals surface area contributed by atoms with Crippen molar-refractivity contribution in [2.24, 2.45) is 0 Å². The van der Waals surface area contributed by atoms with Gasteiger partial charge in [0.15, 0.2) is 5.11 Å². The lowest BCUT2D eigenvalue weighted by molar-refractivity contribution is -0.132. The molecule has 2 aliphatic rings. The predicted molar refractivity (Wildman–Crippen MR) is 139 cm³/mol. The number of hydrogen-bond acceptors (Lipinski definition) is 6. The highest BCUT2D eigenvalue weighted by Crippen LogP contribution is 2.47. The van der Waals surface area contributed by atoms with Gasteiger partial charge in [-0.05, 0) is 68.1 Å². The van der Waals surface area contributed by atoms with E-state index in [1.54, 1.807) is 29.2 Å². The molecule has 1 aromatic carbocycles. The van der Waals surface area contributed by atoms with E-state index in [0.29, 0.717) is 31.4 Å². The number of thiocarbonyl (C=S) groups is 1. The highest BCUT2D eigenvalue weighted by atomic mass is 32.2. The summed E-state index contributed by atoms with van der Waals surface area (Å²) in [6, 6.07) is 9.02. The standard InChI is InChI=1S/C25H27F3N4O4S2/c1-38(35,36)30-21(33)8-4-6-18-9-11-20(12-10-18)32-23(37)31(22(34)24(32)14-5-15-24)19(7-2-3-17-29)13-16-25(26,27)28/h2,7,9-13H,3-6,8,14-16H2,1H3,(H,30,33)/b7-2-,19-13+. The number of aryl methyl sites for hydroxylation is 1. The molecule has 8 nitrogen and oxygen atoms in total. The number of nitrogens with one attached hydrogen (secondary N) is 1. The number of nitriles is 1. The molecule has 0 atom stereocenters. The first kappa shape index (κ1) is 29.3. The molecule has 0 bridgehead atoms. The molecule has 1 N–H and O–H groups in total. The van der Waals surface area contributed by atoms with Crippen molar-refractivity contribution in [2.45, 2.75) is 63.1 Å². The summed E-state index contributed by atoms with van der Waals surface area (Å²) in [5.41, 5.74) is 0.482. The lowest BCUT2D eigenvalue weighted by atomic mass is 9.75. The largest absolute Gasteiger partial charge is 0.392 e. The molecule has 1 saturated carbocycles. The van der Waals surface area contributed by atoms with Crippen LogP contribution in [0.4, 0.5) is 18.9 Å². The molecule has 13 heteroatoms. The lowest BCUT2D eigenvalue weighted by Crippen LogP contribution is -2.55. The van der Waals surface area contributed by atoms with Crippen LogP contribution in [0.5, 0.6) is 0 Å². The normalized spacial score (nSPS) is 17.7. The van der Waals surface area contributed by atoms with Crippen molar-refractivity contribution in [3.8, 4) is 6.07 Å². The number of amides is 2. The van der Waals surface area contributed by atoms with E-state index in [9.17, 15) is 31.2 Å². The van der Waals surface area contributed by atoms with Gasteiger partial charge >= 0.3 is 6.18 Å². The molecule has 1 aliphatic carbocycles. The van der Waals surface area contributed by atoms with Gasteiger partial charge in [0.05, 0.1) is 25.2 Å². The van der Waals surface area contributed by atoms with Gasteiger partial charge in [0.2, 0.25) is 15.9 Å². The van der Waals surface area contributed by atoms with Gasteiger partial charge in [0.25, 0.3) is 5.91 Å². The molecule has 1 heterocycles. The van der Waals surface area contributed by atoms with Crippen LogP contribution in [0, 0.1) is 11.3 Å². The summed E-state index contributed by atoms with van der Waals surface area (Å²) >= 11 is 5.62. The summed E-state index contributed by atoms with van der Waals surface area (Å²) in [7, 11) is -3.61. The fourth-order valence-electron chi connectivity index (χ4n) is 4.42. The van der Waals surface area contributed by atoms with Crippen molar-refractivity contribution in [1.29, 1.82) is 5.26 Å². The smallest absolute Gasteiger partial charge is 0.303 e. The van der Waals surface area contributed by atoms with Crippen molar-refractivity contribution in [1.82, 2.24) is 9.62 Å². The Morgan fingerprint density at radius 3 is 2.45 bits per heavy atom. The van der Waals surface area contributed by atoms with E-state index in [1.807, 2.05) is 10.8 Å². The molecule has 2 fully saturated rings. The van der Waals surface area contributed by atoms with Crippen LogP contribution in [-0.2, 0) is 26.0 Å². The number of rotatable bonds is 10.